The normalized spacial score (nSPS) is 32.2. The van der Waals surface area contributed by atoms with E-state index < -0.39 is 5.56 Å². The number of amides is 1. The van der Waals surface area contributed by atoms with Crippen LogP contribution in [0.5, 0.6) is 0 Å². The fraction of sp³-hybridized carbons (Fsp3) is 0.857. The summed E-state index contributed by atoms with van der Waals surface area (Å²) < 4.78 is 0. The van der Waals surface area contributed by atoms with E-state index in [2.05, 4.69) is 5.32 Å². The summed E-state index contributed by atoms with van der Waals surface area (Å²) in [6.07, 6.45) is 0. The van der Waals surface area contributed by atoms with Gasteiger partial charge in [-0.2, -0.15) is 0 Å². The molecule has 0 aromatic carbocycles. The van der Waals surface area contributed by atoms with Crippen molar-refractivity contribution in [2.75, 3.05) is 0 Å². The molecule has 4 heteroatoms. The number of thioether (sulfide) groups is 1. The lowest BCUT2D eigenvalue weighted by Crippen LogP contribution is -2.33. The van der Waals surface area contributed by atoms with Gasteiger partial charge in [0, 0.05) is 0 Å². The summed E-state index contributed by atoms with van der Waals surface area (Å²) >= 11 is 1.28. The van der Waals surface area contributed by atoms with E-state index in [0.717, 1.165) is 0 Å². The molecule has 1 saturated heterocycles. The van der Waals surface area contributed by atoms with Gasteiger partial charge in [-0.15, -0.1) is 0 Å². The molecule has 0 aromatic heterocycles. The molecule has 1 aliphatic heterocycles. The lowest BCUT2D eigenvalue weighted by atomic mass is 9.91. The van der Waals surface area contributed by atoms with Crippen molar-refractivity contribution in [3.63, 3.8) is 0 Å². The Labute approximate surface area is 70.6 Å². The summed E-state index contributed by atoms with van der Waals surface area (Å²) in [4.78, 5) is 11.1. The number of carbonyl (C=O) groups is 1. The Morgan fingerprint density at radius 2 is 2.09 bits per heavy atom. The molecular formula is C7H13NO2S. The summed E-state index contributed by atoms with van der Waals surface area (Å²) in [6.45, 7) is 5.97. The smallest absolute Gasteiger partial charge is 0.236 e. The van der Waals surface area contributed by atoms with Crippen molar-refractivity contribution in [1.29, 1.82) is 0 Å². The highest BCUT2D eigenvalue weighted by Gasteiger charge is 2.39. The standard InChI is InChI=1S/C7H13NO2S/c1-7(2,3)4-5(9)8-6(10)11-4/h4,6,10H,1-3H3,(H,8,9). The zero-order chi connectivity index (χ0) is 8.65. The van der Waals surface area contributed by atoms with Crippen molar-refractivity contribution in [2.45, 2.75) is 31.6 Å². The topological polar surface area (TPSA) is 49.3 Å². The predicted octanol–water partition coefficient (Wildman–Crippen LogP) is 0.540. The molecule has 0 bridgehead atoms. The second-order valence-electron chi connectivity index (χ2n) is 3.74. The first-order chi connectivity index (χ1) is 4.91. The monoisotopic (exact) mass is 175 g/mol. The Kier molecular flexibility index (Phi) is 2.16. The molecule has 0 aromatic rings. The van der Waals surface area contributed by atoms with Crippen LogP contribution in [0.2, 0.25) is 0 Å². The first-order valence-electron chi connectivity index (χ1n) is 3.55. The molecule has 0 saturated carbocycles. The molecule has 2 unspecified atom stereocenters. The van der Waals surface area contributed by atoms with E-state index in [9.17, 15) is 4.79 Å². The van der Waals surface area contributed by atoms with E-state index in [1.807, 2.05) is 20.8 Å². The fourth-order valence-electron chi connectivity index (χ4n) is 1.02. The van der Waals surface area contributed by atoms with Gasteiger partial charge >= 0.3 is 0 Å². The van der Waals surface area contributed by atoms with Crippen LogP contribution in [0, 0.1) is 5.41 Å². The number of aliphatic hydroxyl groups excluding tert-OH is 1. The number of rotatable bonds is 0. The van der Waals surface area contributed by atoms with Crippen molar-refractivity contribution < 1.29 is 9.90 Å². The molecular weight excluding hydrogens is 162 g/mol. The van der Waals surface area contributed by atoms with E-state index >= 15 is 0 Å². The molecule has 0 radical (unpaired) electrons. The van der Waals surface area contributed by atoms with Gasteiger partial charge in [-0.25, -0.2) is 0 Å². The van der Waals surface area contributed by atoms with Crippen LogP contribution in [-0.4, -0.2) is 21.8 Å². The van der Waals surface area contributed by atoms with Gasteiger partial charge in [0.15, 0.2) is 5.56 Å². The molecule has 2 N–H and O–H groups in total. The second kappa shape index (κ2) is 2.68. The van der Waals surface area contributed by atoms with Gasteiger partial charge in [0.2, 0.25) is 5.91 Å². The summed E-state index contributed by atoms with van der Waals surface area (Å²) in [5.74, 6) is -0.0602. The minimum absolute atomic E-state index is 0.0602. The molecule has 0 aliphatic carbocycles. The molecule has 64 valence electrons. The van der Waals surface area contributed by atoms with Crippen molar-refractivity contribution in [1.82, 2.24) is 5.32 Å². The molecule has 1 amide bonds. The Morgan fingerprint density at radius 1 is 1.55 bits per heavy atom. The van der Waals surface area contributed by atoms with Crippen LogP contribution in [0.15, 0.2) is 0 Å². The zero-order valence-corrected chi connectivity index (χ0v) is 7.73. The number of hydrogen-bond donors (Lipinski definition) is 2. The Morgan fingerprint density at radius 3 is 2.27 bits per heavy atom. The highest BCUT2D eigenvalue weighted by atomic mass is 32.2. The quantitative estimate of drug-likeness (QED) is 0.565. The Balaban J connectivity index is 2.68. The third kappa shape index (κ3) is 1.87. The summed E-state index contributed by atoms with van der Waals surface area (Å²) in [6, 6.07) is 0. The number of nitrogens with one attached hydrogen (secondary N) is 1. The van der Waals surface area contributed by atoms with E-state index in [4.69, 9.17) is 5.11 Å². The fourth-order valence-corrected chi connectivity index (χ4v) is 2.06. The molecule has 0 spiro atoms. The third-order valence-corrected chi connectivity index (χ3v) is 3.12. The van der Waals surface area contributed by atoms with Gasteiger partial charge in [0.1, 0.15) is 0 Å². The summed E-state index contributed by atoms with van der Waals surface area (Å²) in [5.41, 5.74) is -0.793. The SMILES string of the molecule is CC(C)(C)C1SC(O)NC1=O. The third-order valence-electron chi connectivity index (χ3n) is 1.56. The summed E-state index contributed by atoms with van der Waals surface area (Å²) in [5, 5.41) is 11.4. The largest absolute Gasteiger partial charge is 0.365 e. The maximum Gasteiger partial charge on any atom is 0.236 e. The van der Waals surface area contributed by atoms with Gasteiger partial charge in [-0.1, -0.05) is 32.5 Å². The van der Waals surface area contributed by atoms with E-state index in [1.54, 1.807) is 0 Å². The lowest BCUT2D eigenvalue weighted by Gasteiger charge is -2.22. The first-order valence-corrected chi connectivity index (χ1v) is 4.49. The predicted molar refractivity (Wildman–Crippen MR) is 45.0 cm³/mol. The van der Waals surface area contributed by atoms with Crippen LogP contribution in [0.1, 0.15) is 20.8 Å². The second-order valence-corrected chi connectivity index (χ2v) is 4.93. The van der Waals surface area contributed by atoms with E-state index in [1.165, 1.54) is 11.8 Å². The average Bonchev–Trinajstić information content (AvgIpc) is 2.08. The minimum atomic E-state index is -0.716. The highest BCUT2D eigenvalue weighted by molar-refractivity contribution is 8.01. The van der Waals surface area contributed by atoms with Gasteiger partial charge in [-0.3, -0.25) is 4.79 Å². The maximum atomic E-state index is 11.1. The summed E-state index contributed by atoms with van der Waals surface area (Å²) in [7, 11) is 0. The number of aliphatic hydroxyl groups is 1. The van der Waals surface area contributed by atoms with Gasteiger partial charge < -0.3 is 10.4 Å². The van der Waals surface area contributed by atoms with Crippen molar-refractivity contribution in [3.8, 4) is 0 Å². The van der Waals surface area contributed by atoms with Gasteiger partial charge in [0.05, 0.1) is 5.25 Å². The lowest BCUT2D eigenvalue weighted by molar-refractivity contribution is -0.122. The van der Waals surface area contributed by atoms with Crippen molar-refractivity contribution in [3.05, 3.63) is 0 Å². The van der Waals surface area contributed by atoms with E-state index in [0.29, 0.717) is 0 Å². The Hall–Kier alpha value is -0.220. The highest BCUT2D eigenvalue weighted by Crippen LogP contribution is 2.35. The minimum Gasteiger partial charge on any atom is -0.365 e. The molecule has 3 nitrogen and oxygen atoms in total. The average molecular weight is 175 g/mol. The van der Waals surface area contributed by atoms with E-state index in [-0.39, 0.29) is 16.6 Å². The molecule has 11 heavy (non-hydrogen) atoms. The maximum absolute atomic E-state index is 11.1. The van der Waals surface area contributed by atoms with Crippen molar-refractivity contribution in [2.24, 2.45) is 5.41 Å². The van der Waals surface area contributed by atoms with Gasteiger partial charge in [0.25, 0.3) is 0 Å². The van der Waals surface area contributed by atoms with Gasteiger partial charge in [-0.05, 0) is 5.41 Å². The molecule has 1 heterocycles. The Bertz CT molecular complexity index is 176. The van der Waals surface area contributed by atoms with Crippen molar-refractivity contribution >= 4 is 17.7 Å². The molecule has 1 rings (SSSR count). The first kappa shape index (κ1) is 8.87. The van der Waals surface area contributed by atoms with Crippen LogP contribution < -0.4 is 5.32 Å². The van der Waals surface area contributed by atoms with Crippen LogP contribution >= 0.6 is 11.8 Å². The number of hydrogen-bond acceptors (Lipinski definition) is 3. The van der Waals surface area contributed by atoms with Crippen LogP contribution in [0.4, 0.5) is 0 Å². The molecule has 2 atom stereocenters. The molecule has 1 aliphatic rings. The van der Waals surface area contributed by atoms with Crippen LogP contribution in [0.25, 0.3) is 0 Å². The zero-order valence-electron chi connectivity index (χ0n) is 6.92. The van der Waals surface area contributed by atoms with Crippen LogP contribution in [-0.2, 0) is 4.79 Å². The molecule has 1 fully saturated rings. The van der Waals surface area contributed by atoms with Crippen LogP contribution in [0.3, 0.4) is 0 Å². The number of carbonyl (C=O) groups excluding carboxylic acids is 1.